The van der Waals surface area contributed by atoms with Gasteiger partial charge in [-0.2, -0.15) is 0 Å². The maximum Gasteiger partial charge on any atom is 0.333 e. The van der Waals surface area contributed by atoms with Gasteiger partial charge in [-0.15, -0.1) is 0 Å². The zero-order chi connectivity index (χ0) is 17.5. The molecule has 0 spiro atoms. The van der Waals surface area contributed by atoms with Crippen LogP contribution in [0.1, 0.15) is 50.2 Å². The molecule has 130 valence electrons. The molecule has 0 atom stereocenters. The standard InChI is InChI=1S/C23H26O2/c1-19(22(24)25-18-20-11-5-2-6-12-20)17-23(15-9-4-10-16-23)21-13-7-3-8-14-21/h2-3,5-8,11-14,17H,4,9-10,15-16,18H2,1H3. The van der Waals surface area contributed by atoms with Crippen molar-refractivity contribution in [3.8, 4) is 0 Å². The summed E-state index contributed by atoms with van der Waals surface area (Å²) in [4.78, 5) is 12.5. The van der Waals surface area contributed by atoms with E-state index in [0.717, 1.165) is 18.4 Å². The van der Waals surface area contributed by atoms with Gasteiger partial charge in [0.15, 0.2) is 0 Å². The monoisotopic (exact) mass is 334 g/mol. The molecule has 0 amide bonds. The second-order valence-electron chi connectivity index (χ2n) is 6.97. The molecule has 0 heterocycles. The SMILES string of the molecule is CC(=CC1(c2ccccc2)CCCCC1)C(=O)OCc1ccccc1. The topological polar surface area (TPSA) is 26.3 Å². The third kappa shape index (κ3) is 4.39. The molecule has 1 saturated carbocycles. The van der Waals surface area contributed by atoms with Gasteiger partial charge in [-0.1, -0.05) is 86.0 Å². The van der Waals surface area contributed by atoms with Crippen LogP contribution in [0.4, 0.5) is 0 Å². The molecule has 2 nitrogen and oxygen atoms in total. The Kier molecular flexibility index (Phi) is 5.70. The first-order chi connectivity index (χ1) is 12.2. The van der Waals surface area contributed by atoms with E-state index < -0.39 is 0 Å². The van der Waals surface area contributed by atoms with Gasteiger partial charge in [-0.25, -0.2) is 4.79 Å². The first-order valence-electron chi connectivity index (χ1n) is 9.16. The highest BCUT2D eigenvalue weighted by molar-refractivity contribution is 5.88. The van der Waals surface area contributed by atoms with Crippen molar-refractivity contribution in [3.63, 3.8) is 0 Å². The minimum absolute atomic E-state index is 0.0324. The quantitative estimate of drug-likeness (QED) is 0.527. The van der Waals surface area contributed by atoms with Crippen LogP contribution in [0, 0.1) is 0 Å². The summed E-state index contributed by atoms with van der Waals surface area (Å²) in [6, 6.07) is 20.4. The lowest BCUT2D eigenvalue weighted by atomic mass is 9.68. The van der Waals surface area contributed by atoms with Crippen LogP contribution in [0.5, 0.6) is 0 Å². The maximum atomic E-state index is 12.5. The van der Waals surface area contributed by atoms with E-state index in [2.05, 4.69) is 30.3 Å². The third-order valence-corrected chi connectivity index (χ3v) is 5.12. The van der Waals surface area contributed by atoms with Crippen LogP contribution in [0.15, 0.2) is 72.3 Å². The summed E-state index contributed by atoms with van der Waals surface area (Å²) < 4.78 is 5.51. The van der Waals surface area contributed by atoms with E-state index in [4.69, 9.17) is 4.74 Å². The van der Waals surface area contributed by atoms with E-state index in [0.29, 0.717) is 12.2 Å². The van der Waals surface area contributed by atoms with Gasteiger partial charge in [0.1, 0.15) is 6.61 Å². The molecule has 0 unspecified atom stereocenters. The molecule has 2 heteroatoms. The van der Waals surface area contributed by atoms with Crippen molar-refractivity contribution in [1.29, 1.82) is 0 Å². The van der Waals surface area contributed by atoms with E-state index in [1.165, 1.54) is 24.8 Å². The van der Waals surface area contributed by atoms with Crippen LogP contribution in [0.2, 0.25) is 0 Å². The highest BCUT2D eigenvalue weighted by atomic mass is 16.5. The van der Waals surface area contributed by atoms with Crippen molar-refractivity contribution in [3.05, 3.63) is 83.4 Å². The highest BCUT2D eigenvalue weighted by Crippen LogP contribution is 2.41. The van der Waals surface area contributed by atoms with Crippen molar-refractivity contribution in [2.45, 2.75) is 51.0 Å². The number of hydrogen-bond donors (Lipinski definition) is 0. The van der Waals surface area contributed by atoms with Gasteiger partial charge in [-0.3, -0.25) is 0 Å². The molecule has 2 aromatic rings. The van der Waals surface area contributed by atoms with Gasteiger partial charge in [0.25, 0.3) is 0 Å². The smallest absolute Gasteiger partial charge is 0.333 e. The van der Waals surface area contributed by atoms with Crippen molar-refractivity contribution >= 4 is 5.97 Å². The number of carbonyl (C=O) groups excluding carboxylic acids is 1. The molecular formula is C23H26O2. The Morgan fingerprint density at radius 3 is 2.20 bits per heavy atom. The maximum absolute atomic E-state index is 12.5. The van der Waals surface area contributed by atoms with Crippen molar-refractivity contribution in [2.75, 3.05) is 0 Å². The average Bonchev–Trinajstić information content (AvgIpc) is 2.68. The molecule has 0 radical (unpaired) electrons. The average molecular weight is 334 g/mol. The predicted molar refractivity (Wildman–Crippen MR) is 101 cm³/mol. The molecule has 0 saturated heterocycles. The molecule has 0 N–H and O–H groups in total. The summed E-state index contributed by atoms with van der Waals surface area (Å²) in [5.74, 6) is -0.218. The minimum Gasteiger partial charge on any atom is -0.457 e. The fraction of sp³-hybridized carbons (Fsp3) is 0.348. The van der Waals surface area contributed by atoms with Gasteiger partial charge in [0.05, 0.1) is 0 Å². The summed E-state index contributed by atoms with van der Waals surface area (Å²) in [5, 5.41) is 0. The Morgan fingerprint density at radius 2 is 1.56 bits per heavy atom. The van der Waals surface area contributed by atoms with Gasteiger partial charge in [-0.05, 0) is 30.9 Å². The summed E-state index contributed by atoms with van der Waals surface area (Å²) in [6.45, 7) is 2.20. The largest absolute Gasteiger partial charge is 0.457 e. The lowest BCUT2D eigenvalue weighted by molar-refractivity contribution is -0.140. The van der Waals surface area contributed by atoms with Gasteiger partial charge in [0, 0.05) is 11.0 Å². The summed E-state index contributed by atoms with van der Waals surface area (Å²) in [5.41, 5.74) is 3.00. The lowest BCUT2D eigenvalue weighted by Gasteiger charge is -2.35. The van der Waals surface area contributed by atoms with Crippen molar-refractivity contribution < 1.29 is 9.53 Å². The second kappa shape index (κ2) is 8.15. The fourth-order valence-electron chi connectivity index (χ4n) is 3.78. The number of hydrogen-bond acceptors (Lipinski definition) is 2. The van der Waals surface area contributed by atoms with Crippen LogP contribution in [0.25, 0.3) is 0 Å². The Hall–Kier alpha value is -2.35. The zero-order valence-corrected chi connectivity index (χ0v) is 14.9. The first kappa shape index (κ1) is 17.5. The molecule has 1 aliphatic rings. The summed E-state index contributed by atoms with van der Waals surface area (Å²) in [7, 11) is 0. The van der Waals surface area contributed by atoms with Crippen LogP contribution in [-0.4, -0.2) is 5.97 Å². The Morgan fingerprint density at radius 1 is 0.960 bits per heavy atom. The Labute approximate surface area is 150 Å². The number of benzene rings is 2. The fourth-order valence-corrected chi connectivity index (χ4v) is 3.78. The van der Waals surface area contributed by atoms with Crippen LogP contribution < -0.4 is 0 Å². The second-order valence-corrected chi connectivity index (χ2v) is 6.97. The number of esters is 1. The predicted octanol–water partition coefficient (Wildman–Crippen LogP) is 5.58. The normalized spacial score (nSPS) is 17.1. The summed E-state index contributed by atoms with van der Waals surface area (Å²) >= 11 is 0. The highest BCUT2D eigenvalue weighted by Gasteiger charge is 2.32. The van der Waals surface area contributed by atoms with Crippen molar-refractivity contribution in [1.82, 2.24) is 0 Å². The molecule has 0 aromatic heterocycles. The molecule has 1 aliphatic carbocycles. The molecule has 3 rings (SSSR count). The zero-order valence-electron chi connectivity index (χ0n) is 14.9. The first-order valence-corrected chi connectivity index (χ1v) is 9.16. The molecular weight excluding hydrogens is 308 g/mol. The molecule has 1 fully saturated rings. The number of allylic oxidation sites excluding steroid dienone is 1. The lowest BCUT2D eigenvalue weighted by Crippen LogP contribution is -2.28. The van der Waals surface area contributed by atoms with E-state index in [1.807, 2.05) is 43.3 Å². The molecule has 0 aliphatic heterocycles. The van der Waals surface area contributed by atoms with E-state index in [9.17, 15) is 4.79 Å². The van der Waals surface area contributed by atoms with Crippen LogP contribution >= 0.6 is 0 Å². The number of ether oxygens (including phenoxy) is 1. The Balaban J connectivity index is 1.76. The molecule has 0 bridgehead atoms. The van der Waals surface area contributed by atoms with Gasteiger partial charge in [0.2, 0.25) is 0 Å². The van der Waals surface area contributed by atoms with Gasteiger partial charge >= 0.3 is 5.97 Å². The van der Waals surface area contributed by atoms with E-state index in [-0.39, 0.29) is 11.4 Å². The number of carbonyl (C=O) groups is 1. The molecule has 2 aromatic carbocycles. The molecule has 25 heavy (non-hydrogen) atoms. The van der Waals surface area contributed by atoms with Crippen molar-refractivity contribution in [2.24, 2.45) is 0 Å². The van der Waals surface area contributed by atoms with E-state index >= 15 is 0 Å². The van der Waals surface area contributed by atoms with Gasteiger partial charge < -0.3 is 4.74 Å². The summed E-state index contributed by atoms with van der Waals surface area (Å²) in [6.07, 6.45) is 8.05. The minimum atomic E-state index is -0.218. The number of rotatable bonds is 5. The third-order valence-electron chi connectivity index (χ3n) is 5.12. The van der Waals surface area contributed by atoms with E-state index in [1.54, 1.807) is 0 Å². The Bertz CT molecular complexity index is 710. The van der Waals surface area contributed by atoms with Crippen LogP contribution in [-0.2, 0) is 21.6 Å². The van der Waals surface area contributed by atoms with Crippen LogP contribution in [0.3, 0.4) is 0 Å².